The fraction of sp³-hybridized carbons (Fsp3) is 0.647. The van der Waals surface area contributed by atoms with Gasteiger partial charge in [0.1, 0.15) is 0 Å². The standard InChI is InChI=1S/C17H28N2/c1-13-5-6-14(2)16(11-13)19-10-8-15(7-9-18)12-17(19,3)4/h5-6,11,15H,7-10,12,18H2,1-4H3. The maximum absolute atomic E-state index is 5.72. The van der Waals surface area contributed by atoms with Crippen LogP contribution in [0.2, 0.25) is 0 Å². The first-order valence-corrected chi connectivity index (χ1v) is 7.49. The molecule has 1 atom stereocenters. The molecule has 1 aliphatic rings. The van der Waals surface area contributed by atoms with Crippen LogP contribution in [0.3, 0.4) is 0 Å². The normalized spacial score (nSPS) is 22.6. The summed E-state index contributed by atoms with van der Waals surface area (Å²) in [5, 5.41) is 0. The van der Waals surface area contributed by atoms with Gasteiger partial charge >= 0.3 is 0 Å². The van der Waals surface area contributed by atoms with Gasteiger partial charge in [-0.2, -0.15) is 0 Å². The quantitative estimate of drug-likeness (QED) is 0.899. The molecule has 19 heavy (non-hydrogen) atoms. The Morgan fingerprint density at radius 3 is 2.68 bits per heavy atom. The van der Waals surface area contributed by atoms with E-state index >= 15 is 0 Å². The number of hydrogen-bond donors (Lipinski definition) is 1. The monoisotopic (exact) mass is 260 g/mol. The Labute approximate surface area is 118 Å². The van der Waals surface area contributed by atoms with E-state index in [9.17, 15) is 0 Å². The molecule has 1 aliphatic heterocycles. The van der Waals surface area contributed by atoms with Gasteiger partial charge in [-0.25, -0.2) is 0 Å². The van der Waals surface area contributed by atoms with Gasteiger partial charge in [0.15, 0.2) is 0 Å². The number of hydrogen-bond acceptors (Lipinski definition) is 2. The van der Waals surface area contributed by atoms with Crippen molar-refractivity contribution in [3.8, 4) is 0 Å². The Hall–Kier alpha value is -1.02. The molecule has 1 unspecified atom stereocenters. The van der Waals surface area contributed by atoms with Crippen molar-refractivity contribution in [2.75, 3.05) is 18.0 Å². The topological polar surface area (TPSA) is 29.3 Å². The maximum Gasteiger partial charge on any atom is 0.0403 e. The first-order valence-electron chi connectivity index (χ1n) is 7.49. The first kappa shape index (κ1) is 14.4. The SMILES string of the molecule is Cc1ccc(C)c(N2CCC(CCN)CC2(C)C)c1. The molecule has 1 aromatic carbocycles. The van der Waals surface area contributed by atoms with Crippen LogP contribution in [0.25, 0.3) is 0 Å². The van der Waals surface area contributed by atoms with Crippen molar-refractivity contribution < 1.29 is 0 Å². The smallest absolute Gasteiger partial charge is 0.0403 e. The zero-order valence-corrected chi connectivity index (χ0v) is 12.9. The molecule has 0 bridgehead atoms. The summed E-state index contributed by atoms with van der Waals surface area (Å²) in [6.45, 7) is 11.1. The molecule has 0 aromatic heterocycles. The van der Waals surface area contributed by atoms with Crippen LogP contribution >= 0.6 is 0 Å². The van der Waals surface area contributed by atoms with Crippen molar-refractivity contribution in [2.45, 2.75) is 52.5 Å². The van der Waals surface area contributed by atoms with Crippen LogP contribution in [0, 0.1) is 19.8 Å². The lowest BCUT2D eigenvalue weighted by molar-refractivity contribution is 0.264. The highest BCUT2D eigenvalue weighted by molar-refractivity contribution is 5.57. The molecular formula is C17H28N2. The van der Waals surface area contributed by atoms with E-state index in [2.05, 4.69) is 50.8 Å². The summed E-state index contributed by atoms with van der Waals surface area (Å²) in [6.07, 6.45) is 3.69. The van der Waals surface area contributed by atoms with Crippen LogP contribution < -0.4 is 10.6 Å². The number of piperidine rings is 1. The number of rotatable bonds is 3. The van der Waals surface area contributed by atoms with E-state index in [0.717, 1.165) is 19.0 Å². The van der Waals surface area contributed by atoms with Crippen LogP contribution in [0.15, 0.2) is 18.2 Å². The predicted octanol–water partition coefficient (Wildman–Crippen LogP) is 3.65. The van der Waals surface area contributed by atoms with Crippen molar-refractivity contribution in [1.29, 1.82) is 0 Å². The van der Waals surface area contributed by atoms with E-state index in [4.69, 9.17) is 5.73 Å². The van der Waals surface area contributed by atoms with Gasteiger partial charge in [-0.05, 0) is 76.6 Å². The van der Waals surface area contributed by atoms with Gasteiger partial charge in [0, 0.05) is 17.8 Å². The highest BCUT2D eigenvalue weighted by Gasteiger charge is 2.34. The number of nitrogens with zero attached hydrogens (tertiary/aromatic N) is 1. The van der Waals surface area contributed by atoms with Gasteiger partial charge in [-0.3, -0.25) is 0 Å². The molecule has 2 N–H and O–H groups in total. The van der Waals surface area contributed by atoms with Crippen LogP contribution in [0.1, 0.15) is 44.2 Å². The highest BCUT2D eigenvalue weighted by atomic mass is 15.2. The lowest BCUT2D eigenvalue weighted by Gasteiger charge is -2.48. The minimum Gasteiger partial charge on any atom is -0.366 e. The Morgan fingerprint density at radius 1 is 1.32 bits per heavy atom. The molecule has 0 aliphatic carbocycles. The molecule has 1 aromatic rings. The number of nitrogens with two attached hydrogens (primary N) is 1. The molecule has 0 radical (unpaired) electrons. The largest absolute Gasteiger partial charge is 0.366 e. The number of benzene rings is 1. The van der Waals surface area contributed by atoms with E-state index in [1.165, 1.54) is 36.1 Å². The summed E-state index contributed by atoms with van der Waals surface area (Å²) in [7, 11) is 0. The Balaban J connectivity index is 2.23. The van der Waals surface area contributed by atoms with Crippen LogP contribution in [0.4, 0.5) is 5.69 Å². The lowest BCUT2D eigenvalue weighted by Crippen LogP contribution is -2.50. The molecule has 1 fully saturated rings. The molecular weight excluding hydrogens is 232 g/mol. The van der Waals surface area contributed by atoms with Gasteiger partial charge in [0.25, 0.3) is 0 Å². The Morgan fingerprint density at radius 2 is 2.05 bits per heavy atom. The van der Waals surface area contributed by atoms with Crippen molar-refractivity contribution in [3.05, 3.63) is 29.3 Å². The Bertz CT molecular complexity index is 437. The summed E-state index contributed by atoms with van der Waals surface area (Å²) in [6, 6.07) is 6.78. The van der Waals surface area contributed by atoms with Gasteiger partial charge < -0.3 is 10.6 Å². The average molecular weight is 260 g/mol. The average Bonchev–Trinajstić information content (AvgIpc) is 2.32. The molecule has 1 heterocycles. The fourth-order valence-electron chi connectivity index (χ4n) is 3.47. The Kier molecular flexibility index (Phi) is 4.19. The second-order valence-electron chi connectivity index (χ2n) is 6.69. The zero-order chi connectivity index (χ0) is 14.0. The van der Waals surface area contributed by atoms with Gasteiger partial charge in [0.2, 0.25) is 0 Å². The molecule has 0 amide bonds. The molecule has 2 heteroatoms. The van der Waals surface area contributed by atoms with Crippen LogP contribution in [-0.4, -0.2) is 18.6 Å². The number of anilines is 1. The third-order valence-electron chi connectivity index (χ3n) is 4.51. The van der Waals surface area contributed by atoms with E-state index in [1.807, 2.05) is 0 Å². The maximum atomic E-state index is 5.72. The summed E-state index contributed by atoms with van der Waals surface area (Å²) < 4.78 is 0. The first-order chi connectivity index (χ1) is 8.94. The summed E-state index contributed by atoms with van der Waals surface area (Å²) in [5.74, 6) is 0.793. The molecule has 2 rings (SSSR count). The summed E-state index contributed by atoms with van der Waals surface area (Å²) in [5.41, 5.74) is 10.1. The second-order valence-corrected chi connectivity index (χ2v) is 6.69. The van der Waals surface area contributed by atoms with Crippen molar-refractivity contribution in [3.63, 3.8) is 0 Å². The van der Waals surface area contributed by atoms with E-state index in [0.29, 0.717) is 0 Å². The van der Waals surface area contributed by atoms with E-state index in [1.54, 1.807) is 0 Å². The predicted molar refractivity (Wildman–Crippen MR) is 83.7 cm³/mol. The lowest BCUT2D eigenvalue weighted by atomic mass is 9.80. The highest BCUT2D eigenvalue weighted by Crippen LogP contribution is 2.38. The fourth-order valence-corrected chi connectivity index (χ4v) is 3.47. The molecule has 106 valence electrons. The minimum absolute atomic E-state index is 0.233. The minimum atomic E-state index is 0.233. The van der Waals surface area contributed by atoms with Crippen molar-refractivity contribution in [2.24, 2.45) is 11.7 Å². The summed E-state index contributed by atoms with van der Waals surface area (Å²) in [4.78, 5) is 2.60. The second kappa shape index (κ2) is 5.54. The van der Waals surface area contributed by atoms with Crippen LogP contribution in [-0.2, 0) is 0 Å². The molecule has 0 spiro atoms. The van der Waals surface area contributed by atoms with Crippen molar-refractivity contribution >= 4 is 5.69 Å². The van der Waals surface area contributed by atoms with E-state index < -0.39 is 0 Å². The van der Waals surface area contributed by atoms with Gasteiger partial charge in [-0.1, -0.05) is 12.1 Å². The van der Waals surface area contributed by atoms with E-state index in [-0.39, 0.29) is 5.54 Å². The third kappa shape index (κ3) is 3.11. The van der Waals surface area contributed by atoms with Gasteiger partial charge in [0.05, 0.1) is 0 Å². The van der Waals surface area contributed by atoms with Crippen LogP contribution in [0.5, 0.6) is 0 Å². The zero-order valence-electron chi connectivity index (χ0n) is 12.9. The van der Waals surface area contributed by atoms with Crippen molar-refractivity contribution in [1.82, 2.24) is 0 Å². The summed E-state index contributed by atoms with van der Waals surface area (Å²) >= 11 is 0. The third-order valence-corrected chi connectivity index (χ3v) is 4.51. The molecule has 0 saturated carbocycles. The number of aryl methyl sites for hydroxylation is 2. The molecule has 1 saturated heterocycles. The van der Waals surface area contributed by atoms with Gasteiger partial charge in [-0.15, -0.1) is 0 Å². The molecule has 2 nitrogen and oxygen atoms in total.